The topological polar surface area (TPSA) is 60.4 Å². The molecule has 12 heavy (non-hydrogen) atoms. The summed E-state index contributed by atoms with van der Waals surface area (Å²) >= 11 is 0. The molecule has 3 rings (SSSR count). The molecule has 0 aromatic carbocycles. The molecule has 0 aliphatic heterocycles. The number of hydrogen-bond acceptors (Lipinski definition) is 4. The Hall–Kier alpha value is -1.98. The summed E-state index contributed by atoms with van der Waals surface area (Å²) in [7, 11) is 0. The highest BCUT2D eigenvalue weighted by Gasteiger charge is 2.00. The number of nitrogens with zero attached hydrogens (tertiary/aromatic N) is 6. The molecule has 0 bridgehead atoms. The molecule has 0 saturated carbocycles. The highest BCUT2D eigenvalue weighted by molar-refractivity contribution is 5.44. The standard InChI is InChI=1S/C6H4N6/c1-2-11-3-7-10-6(11)12-4-8-9-5(1)12/h1-4H. The van der Waals surface area contributed by atoms with Gasteiger partial charge in [0.25, 0.3) is 0 Å². The summed E-state index contributed by atoms with van der Waals surface area (Å²) in [5.74, 6) is 0.720. The smallest absolute Gasteiger partial charge is 0.242 e. The summed E-state index contributed by atoms with van der Waals surface area (Å²) in [6.45, 7) is 0. The molecule has 0 saturated heterocycles. The molecule has 58 valence electrons. The van der Waals surface area contributed by atoms with E-state index < -0.39 is 0 Å². The maximum atomic E-state index is 3.92. The third-order valence-corrected chi connectivity index (χ3v) is 1.73. The molecule has 0 unspecified atom stereocenters. The Labute approximate surface area is 66.5 Å². The van der Waals surface area contributed by atoms with Crippen molar-refractivity contribution in [2.24, 2.45) is 0 Å². The second-order valence-corrected chi connectivity index (χ2v) is 2.41. The Kier molecular flexibility index (Phi) is 0.840. The maximum Gasteiger partial charge on any atom is 0.242 e. The van der Waals surface area contributed by atoms with Gasteiger partial charge in [0.05, 0.1) is 0 Å². The van der Waals surface area contributed by atoms with Crippen LogP contribution < -0.4 is 0 Å². The summed E-state index contributed by atoms with van der Waals surface area (Å²) in [5.41, 5.74) is 0.774. The summed E-state index contributed by atoms with van der Waals surface area (Å²) in [6.07, 6.45) is 5.09. The zero-order chi connectivity index (χ0) is 7.97. The minimum absolute atomic E-state index is 0.720. The van der Waals surface area contributed by atoms with Crippen LogP contribution in [0.3, 0.4) is 0 Å². The second kappa shape index (κ2) is 1.79. The molecule has 6 nitrogen and oxygen atoms in total. The van der Waals surface area contributed by atoms with Crippen molar-refractivity contribution >= 4 is 11.4 Å². The van der Waals surface area contributed by atoms with Gasteiger partial charge in [-0.05, 0) is 0 Å². The third kappa shape index (κ3) is 0.541. The minimum atomic E-state index is 0.720. The highest BCUT2D eigenvalue weighted by atomic mass is 15.3. The first-order valence-corrected chi connectivity index (χ1v) is 3.43. The molecule has 3 heterocycles. The molecule has 6 heteroatoms. The zero-order valence-electron chi connectivity index (χ0n) is 5.99. The molecule has 3 aromatic heterocycles. The molecular formula is C6H4N6. The molecule has 0 aliphatic rings. The van der Waals surface area contributed by atoms with Crippen LogP contribution in [-0.2, 0) is 0 Å². The van der Waals surface area contributed by atoms with E-state index in [4.69, 9.17) is 0 Å². The van der Waals surface area contributed by atoms with E-state index in [-0.39, 0.29) is 0 Å². The monoisotopic (exact) mass is 160 g/mol. The normalized spacial score (nSPS) is 11.3. The summed E-state index contributed by atoms with van der Waals surface area (Å²) in [6, 6.07) is 1.85. The van der Waals surface area contributed by atoms with Crippen LogP contribution in [0.1, 0.15) is 0 Å². The Morgan fingerprint density at radius 1 is 1.08 bits per heavy atom. The van der Waals surface area contributed by atoms with E-state index in [0.29, 0.717) is 0 Å². The molecule has 0 atom stereocenters. The van der Waals surface area contributed by atoms with Crippen molar-refractivity contribution in [3.63, 3.8) is 0 Å². The first-order valence-electron chi connectivity index (χ1n) is 3.43. The van der Waals surface area contributed by atoms with Crippen molar-refractivity contribution in [2.45, 2.75) is 0 Å². The second-order valence-electron chi connectivity index (χ2n) is 2.41. The van der Waals surface area contributed by atoms with Gasteiger partial charge in [-0.15, -0.1) is 20.4 Å². The molecular weight excluding hydrogens is 156 g/mol. The lowest BCUT2D eigenvalue weighted by Gasteiger charge is -1.92. The average molecular weight is 160 g/mol. The van der Waals surface area contributed by atoms with E-state index in [2.05, 4.69) is 20.4 Å². The van der Waals surface area contributed by atoms with Gasteiger partial charge in [-0.3, -0.25) is 4.40 Å². The fourth-order valence-electron chi connectivity index (χ4n) is 1.17. The van der Waals surface area contributed by atoms with Crippen LogP contribution in [0.25, 0.3) is 11.4 Å². The van der Waals surface area contributed by atoms with Crippen molar-refractivity contribution in [3.8, 4) is 0 Å². The Morgan fingerprint density at radius 3 is 3.00 bits per heavy atom. The number of hydrogen-bond donors (Lipinski definition) is 0. The molecule has 3 aromatic rings. The van der Waals surface area contributed by atoms with Crippen LogP contribution in [0.2, 0.25) is 0 Å². The van der Waals surface area contributed by atoms with Crippen molar-refractivity contribution in [3.05, 3.63) is 24.9 Å². The minimum Gasteiger partial charge on any atom is -0.274 e. The molecule has 0 aliphatic carbocycles. The van der Waals surface area contributed by atoms with Gasteiger partial charge in [-0.1, -0.05) is 0 Å². The molecule has 0 fully saturated rings. The van der Waals surface area contributed by atoms with Crippen molar-refractivity contribution < 1.29 is 0 Å². The lowest BCUT2D eigenvalue weighted by molar-refractivity contribution is 1.05. The van der Waals surface area contributed by atoms with E-state index in [1.165, 1.54) is 0 Å². The summed E-state index contributed by atoms with van der Waals surface area (Å²) in [4.78, 5) is 0. The molecule has 0 spiro atoms. The third-order valence-electron chi connectivity index (χ3n) is 1.73. The van der Waals surface area contributed by atoms with Gasteiger partial charge in [0.2, 0.25) is 5.78 Å². The summed E-state index contributed by atoms with van der Waals surface area (Å²) in [5, 5.41) is 15.3. The van der Waals surface area contributed by atoms with Gasteiger partial charge < -0.3 is 0 Å². The number of aromatic nitrogens is 6. The fourth-order valence-corrected chi connectivity index (χ4v) is 1.17. The number of fused-ring (bicyclic) bond motifs is 3. The first-order chi connectivity index (χ1) is 5.95. The SMILES string of the molecule is c1cn2cnnc2n2cnnc12. The van der Waals surface area contributed by atoms with Gasteiger partial charge in [0, 0.05) is 12.3 Å². The van der Waals surface area contributed by atoms with Gasteiger partial charge in [-0.25, -0.2) is 4.40 Å². The van der Waals surface area contributed by atoms with Gasteiger partial charge in [0.15, 0.2) is 5.65 Å². The van der Waals surface area contributed by atoms with Gasteiger partial charge in [0.1, 0.15) is 12.7 Å². The van der Waals surface area contributed by atoms with E-state index in [9.17, 15) is 0 Å². The van der Waals surface area contributed by atoms with Crippen LogP contribution in [0.5, 0.6) is 0 Å². The average Bonchev–Trinajstić information content (AvgIpc) is 2.71. The Bertz CT molecular complexity index is 485. The quantitative estimate of drug-likeness (QED) is 0.456. The van der Waals surface area contributed by atoms with Crippen LogP contribution in [0, 0.1) is 0 Å². The van der Waals surface area contributed by atoms with Crippen LogP contribution in [0.4, 0.5) is 0 Å². The van der Waals surface area contributed by atoms with Crippen molar-refractivity contribution in [1.29, 1.82) is 0 Å². The van der Waals surface area contributed by atoms with Crippen molar-refractivity contribution in [1.82, 2.24) is 29.2 Å². The summed E-state index contributed by atoms with van der Waals surface area (Å²) < 4.78 is 3.57. The predicted molar refractivity (Wildman–Crippen MR) is 39.5 cm³/mol. The fraction of sp³-hybridized carbons (Fsp3) is 0. The van der Waals surface area contributed by atoms with Gasteiger partial charge in [-0.2, -0.15) is 0 Å². The largest absolute Gasteiger partial charge is 0.274 e. The van der Waals surface area contributed by atoms with Crippen LogP contribution >= 0.6 is 0 Å². The lowest BCUT2D eigenvalue weighted by Crippen LogP contribution is -1.91. The van der Waals surface area contributed by atoms with E-state index >= 15 is 0 Å². The lowest BCUT2D eigenvalue weighted by atomic mass is 10.6. The molecule has 0 N–H and O–H groups in total. The van der Waals surface area contributed by atoms with Crippen LogP contribution in [-0.4, -0.2) is 29.2 Å². The highest BCUT2D eigenvalue weighted by Crippen LogP contribution is 2.02. The molecule has 0 amide bonds. The predicted octanol–water partition coefficient (Wildman–Crippen LogP) is -0.228. The maximum absolute atomic E-state index is 3.92. The Morgan fingerprint density at radius 2 is 2.00 bits per heavy atom. The van der Waals surface area contributed by atoms with E-state index in [1.54, 1.807) is 21.5 Å². The zero-order valence-corrected chi connectivity index (χ0v) is 5.99. The first kappa shape index (κ1) is 5.64. The van der Waals surface area contributed by atoms with Crippen molar-refractivity contribution in [2.75, 3.05) is 0 Å². The van der Waals surface area contributed by atoms with Gasteiger partial charge >= 0.3 is 0 Å². The Balaban J connectivity index is 2.71. The number of rotatable bonds is 0. The van der Waals surface area contributed by atoms with E-state index in [0.717, 1.165) is 11.4 Å². The molecule has 0 radical (unpaired) electrons. The van der Waals surface area contributed by atoms with E-state index in [1.807, 2.05) is 12.3 Å². The van der Waals surface area contributed by atoms with Crippen LogP contribution in [0.15, 0.2) is 24.9 Å².